The van der Waals surface area contributed by atoms with Crippen molar-refractivity contribution in [3.8, 4) is 46.0 Å². The second-order valence-corrected chi connectivity index (χ2v) is 35.8. The highest BCUT2D eigenvalue weighted by Crippen LogP contribution is 2.33. The number of amides is 6. The molecule has 0 aromatic heterocycles. The van der Waals surface area contributed by atoms with Crippen LogP contribution in [-0.4, -0.2) is 111 Å². The molecule has 0 aliphatic heterocycles. The van der Waals surface area contributed by atoms with Crippen LogP contribution in [-0.2, 0) is 0 Å². The number of hydrogen-bond donors (Lipinski definition) is 18. The summed E-state index contributed by atoms with van der Waals surface area (Å²) in [6, 6.07) is 30.0. The van der Waals surface area contributed by atoms with Crippen molar-refractivity contribution in [2.75, 3.05) is 22.9 Å². The summed E-state index contributed by atoms with van der Waals surface area (Å²) in [5.74, 6) is -2.93. The molecule has 0 aliphatic rings. The molecule has 0 atom stereocenters. The van der Waals surface area contributed by atoms with Gasteiger partial charge in [-0.2, -0.15) is 30.6 Å². The predicted molar refractivity (Wildman–Crippen MR) is 558 cm³/mol. The van der Waals surface area contributed by atoms with Gasteiger partial charge in [-0.3, -0.25) is 28.8 Å². The first-order chi connectivity index (χ1) is 64.7. The number of anilines is 4. The lowest BCUT2D eigenvalue weighted by Gasteiger charge is -2.09. The summed E-state index contributed by atoms with van der Waals surface area (Å²) in [4.78, 5) is 71.9. The monoisotopic (exact) mass is 1880 g/mol. The summed E-state index contributed by atoms with van der Waals surface area (Å²) in [6.07, 6.45) is 41.9. The van der Waals surface area contributed by atoms with E-state index in [-0.39, 0.29) is 85.2 Å². The summed E-state index contributed by atoms with van der Waals surface area (Å²) in [6.45, 7) is 32.2. The number of nitrogens with two attached hydrogens (primary N) is 4. The van der Waals surface area contributed by atoms with E-state index in [2.05, 4.69) is 125 Å². The number of hydrazone groups is 6. The smallest absolute Gasteiger partial charge is 0.275 e. The molecule has 22 N–H and O–H groups in total. The Morgan fingerprint density at radius 1 is 0.301 bits per heavy atom. The quantitative estimate of drug-likeness (QED) is 0.00554. The first-order valence-electron chi connectivity index (χ1n) is 48.2. The third-order valence-electron chi connectivity index (χ3n) is 21.0. The number of nitrogens with one attached hydrogen (secondary N) is 6. The molecule has 136 heavy (non-hydrogen) atoms. The van der Waals surface area contributed by atoms with Crippen molar-refractivity contribution in [1.29, 1.82) is 0 Å². The minimum Gasteiger partial charge on any atom is -0.507 e. The fourth-order valence-electron chi connectivity index (χ4n) is 14.0. The van der Waals surface area contributed by atoms with Crippen LogP contribution in [0, 0.1) is 17.8 Å². The summed E-state index contributed by atoms with van der Waals surface area (Å²) in [5, 5.41) is 103. The van der Waals surface area contributed by atoms with Gasteiger partial charge < -0.3 is 63.8 Å². The van der Waals surface area contributed by atoms with Crippen LogP contribution in [0.15, 0.2) is 164 Å². The Kier molecular flexibility index (Phi) is 60.3. The molecular weight excluding hydrogens is 1720 g/mol. The predicted octanol–water partition coefficient (Wildman–Crippen LogP) is 23.7. The van der Waals surface area contributed by atoms with Crippen LogP contribution in [0.25, 0.3) is 10.8 Å². The molecule has 748 valence electrons. The van der Waals surface area contributed by atoms with Crippen molar-refractivity contribution < 1.29 is 69.6 Å². The van der Waals surface area contributed by atoms with Crippen molar-refractivity contribution in [2.45, 2.75) is 323 Å². The second-order valence-electron chi connectivity index (χ2n) is 35.8. The van der Waals surface area contributed by atoms with Gasteiger partial charge in [0.15, 0.2) is 17.2 Å². The molecule has 7 aromatic carbocycles. The van der Waals surface area contributed by atoms with Crippen molar-refractivity contribution in [3.05, 3.63) is 166 Å². The Morgan fingerprint density at radius 2 is 0.603 bits per heavy atom. The van der Waals surface area contributed by atoms with E-state index in [1.165, 1.54) is 239 Å². The highest BCUT2D eigenvalue weighted by Gasteiger charge is 2.19. The Balaban J connectivity index is 0.000000562. The van der Waals surface area contributed by atoms with Gasteiger partial charge in [-0.1, -0.05) is 246 Å². The number of nitrogens with zero attached hydrogens (tertiary/aromatic N) is 6. The lowest BCUT2D eigenvalue weighted by Crippen LogP contribution is -2.20. The summed E-state index contributed by atoms with van der Waals surface area (Å²) in [5.41, 5.74) is 45.3. The number of carbonyl (C=O) groups is 6. The van der Waals surface area contributed by atoms with Crippen LogP contribution in [0.4, 0.5) is 22.7 Å². The lowest BCUT2D eigenvalue weighted by molar-refractivity contribution is 0.0943. The molecule has 30 nitrogen and oxygen atoms in total. The Morgan fingerprint density at radius 3 is 0.971 bits per heavy atom. The zero-order valence-corrected chi connectivity index (χ0v) is 83.7. The number of nitrogen functional groups attached to an aromatic ring is 4. The number of hydrogen-bond acceptors (Lipinski definition) is 24. The molecule has 0 spiro atoms. The minimum absolute atomic E-state index is 0.00361. The van der Waals surface area contributed by atoms with Gasteiger partial charge in [-0.25, -0.2) is 32.6 Å². The maximum Gasteiger partial charge on any atom is 0.275 e. The second kappa shape index (κ2) is 68.9. The number of aromatic hydroxyl groups is 8. The Labute approximate surface area is 807 Å². The highest BCUT2D eigenvalue weighted by molar-refractivity contribution is 6.04. The highest BCUT2D eigenvalue weighted by atomic mass is 16.3. The van der Waals surface area contributed by atoms with Crippen molar-refractivity contribution in [3.63, 3.8) is 0 Å². The first-order valence-corrected chi connectivity index (χ1v) is 48.2. The van der Waals surface area contributed by atoms with Crippen molar-refractivity contribution in [1.82, 2.24) is 32.6 Å². The zero-order chi connectivity index (χ0) is 101. The van der Waals surface area contributed by atoms with Crippen molar-refractivity contribution in [2.24, 2.45) is 48.4 Å². The van der Waals surface area contributed by atoms with E-state index in [1.807, 2.05) is 47.6 Å². The first kappa shape index (κ1) is 119. The van der Waals surface area contributed by atoms with Gasteiger partial charge in [0.2, 0.25) is 0 Å². The average Bonchev–Trinajstić information content (AvgIpc) is 0.795. The molecule has 0 unspecified atom stereocenters. The molecule has 30 heteroatoms. The van der Waals surface area contributed by atoms with Gasteiger partial charge in [0.05, 0.1) is 44.8 Å². The topological polar surface area (TPSA) is 515 Å². The van der Waals surface area contributed by atoms with Gasteiger partial charge in [-0.05, 0) is 214 Å². The number of fused-ring (bicyclic) bond motifs is 1. The zero-order valence-electron chi connectivity index (χ0n) is 83.7. The number of allylic oxidation sites excluding steroid dienone is 2. The van der Waals surface area contributed by atoms with Gasteiger partial charge in [-0.15, -0.1) is 0 Å². The Bertz CT molecular complexity index is 4920. The van der Waals surface area contributed by atoms with Crippen LogP contribution in [0.5, 0.6) is 46.0 Å². The molecule has 0 saturated carbocycles. The third kappa shape index (κ3) is 52.0. The van der Waals surface area contributed by atoms with E-state index in [0.717, 1.165) is 91.9 Å². The van der Waals surface area contributed by atoms with Crippen LogP contribution < -0.4 is 55.5 Å². The van der Waals surface area contributed by atoms with E-state index < -0.39 is 35.3 Å². The van der Waals surface area contributed by atoms with Gasteiger partial charge in [0.1, 0.15) is 28.7 Å². The van der Waals surface area contributed by atoms with Gasteiger partial charge in [0, 0.05) is 69.2 Å². The molecule has 7 aromatic rings. The fraction of sp³-hybridized carbons (Fsp3) is 0.491. The number of benzene rings is 7. The van der Waals surface area contributed by atoms with Gasteiger partial charge in [0.25, 0.3) is 35.4 Å². The largest absolute Gasteiger partial charge is 0.507 e. The molecule has 0 heterocycles. The number of carbonyl (C=O) groups excluding carboxylic acids is 6. The third-order valence-corrected chi connectivity index (χ3v) is 21.0. The maximum absolute atomic E-state index is 12.5. The standard InChI is InChI=1S/C30H53N3O2.C20H33N3O2.C17H20N2O3.C13H17N3O2.C13H19N3O2.C13H18N2O3/c1-3-5-7-9-11-13-15-17-19-21-27(22-20-18-16-14-12-10-8-6-4-2)32-33-30(35)28-24-23-26(31)25-29(28)34;1-3-4-5-6-7-8-9-10-11-12-16(2)22-23-20(25)18-14-13-17(21)15-19(18)24;1-10(2)7-11(3)18-19-17(22)14-8-12-5-4-6-15(20)13(12)9-16(14)21;1-8(2)6-9(3)15-16-13(18)11-5-4-10(14)7-12(11)17;1-8(2)7-9(3)15-16-13(18)10-5-4-6-11(14)12(10)17;1-8(2)7-9(3)14-15-13(18)10-5-4-6-11(16)12(10)17/h23-25,34H,3-22,31H2,1-2H3,(H,33,35);13-15,24H,3-12,21H2,1-2H3,(H,23,25);4-6,8-10,20-21H,7H2,1-3H3,(H,19,22);4-7,17H,14H2,1-3H3,(H,16,18);4-6,8,17H,7,14H2,1-3H3,(H,16,18);4-6,8,16-17H,7H2,1-3H3,(H,15,18). The fourth-order valence-corrected chi connectivity index (χ4v) is 14.0. The van der Waals surface area contributed by atoms with Gasteiger partial charge >= 0.3 is 0 Å². The molecule has 7 rings (SSSR count). The van der Waals surface area contributed by atoms with Crippen LogP contribution in [0.3, 0.4) is 0 Å². The van der Waals surface area contributed by atoms with E-state index in [9.17, 15) is 69.6 Å². The number of phenolic OH excluding ortho intramolecular Hbond substituents is 8. The van der Waals surface area contributed by atoms with Crippen LogP contribution >= 0.6 is 0 Å². The number of phenols is 8. The SMILES string of the molecule is CC(C)=CC(C)=NNC(=O)c1ccc(N)cc1O.CC(CC(C)C)=NNC(=O)c1cc2cccc(O)c2cc1O.CC(CC(C)C)=NNC(=O)c1cccc(N)c1O.CC(CC(C)C)=NNC(=O)c1cccc(O)c1O.CCCCCCCCCCCC(C)=NNC(=O)c1ccc(N)cc1O.CCCCCCCCCCCC(CCCCCCCCCCC)=NNC(=O)c1ccc(N)cc1O. The summed E-state index contributed by atoms with van der Waals surface area (Å²) in [7, 11) is 0. The number of para-hydroxylation sites is 2. The molecule has 0 fully saturated rings. The lowest BCUT2D eigenvalue weighted by atomic mass is 10.0. The van der Waals surface area contributed by atoms with E-state index in [0.29, 0.717) is 51.3 Å². The molecule has 0 saturated heterocycles. The van der Waals surface area contributed by atoms with E-state index in [4.69, 9.17) is 22.9 Å². The normalized spacial score (nSPS) is 11.4. The van der Waals surface area contributed by atoms with Crippen LogP contribution in [0.2, 0.25) is 0 Å². The van der Waals surface area contributed by atoms with Crippen LogP contribution in [0.1, 0.15) is 385 Å². The van der Waals surface area contributed by atoms with E-state index in [1.54, 1.807) is 43.3 Å². The summed E-state index contributed by atoms with van der Waals surface area (Å²) >= 11 is 0. The number of unbranched alkanes of at least 4 members (excludes halogenated alkanes) is 24. The van der Waals surface area contributed by atoms with Crippen molar-refractivity contribution >= 4 is 103 Å². The number of rotatable bonds is 49. The maximum atomic E-state index is 12.5. The summed E-state index contributed by atoms with van der Waals surface area (Å²) < 4.78 is 0. The van der Waals surface area contributed by atoms with E-state index >= 15 is 0 Å². The average molecular weight is 1880 g/mol. The molecule has 0 bridgehead atoms. The molecule has 0 aliphatic carbocycles. The molecule has 6 amide bonds. The molecule has 0 radical (unpaired) electrons. The minimum atomic E-state index is -0.550. The molecular formula is C106H160N16O14. The Hall–Kier alpha value is -13.0.